The van der Waals surface area contributed by atoms with Gasteiger partial charge in [0, 0.05) is 0 Å². The molecular formula is C17H12O3S2. The number of para-hydroxylation sites is 1. The summed E-state index contributed by atoms with van der Waals surface area (Å²) in [7, 11) is 0. The number of aldehydes is 1. The Kier molecular flexibility index (Phi) is 4.46. The van der Waals surface area contributed by atoms with Crippen LogP contribution in [0.15, 0.2) is 53.2 Å². The molecule has 22 heavy (non-hydrogen) atoms. The van der Waals surface area contributed by atoms with E-state index in [1.54, 1.807) is 12.1 Å². The van der Waals surface area contributed by atoms with Crippen molar-refractivity contribution in [2.45, 2.75) is 6.42 Å². The molecule has 0 spiro atoms. The fourth-order valence-corrected chi connectivity index (χ4v) is 3.51. The molecular weight excluding hydrogens is 316 g/mol. The van der Waals surface area contributed by atoms with Gasteiger partial charge >= 0.3 is 5.97 Å². The second-order valence-corrected chi connectivity index (χ2v) is 6.53. The molecule has 2 aromatic heterocycles. The third-order valence-corrected chi connectivity index (χ3v) is 4.87. The zero-order valence-electron chi connectivity index (χ0n) is 11.5. The maximum Gasteiger partial charge on any atom is 0.353 e. The predicted octanol–water partition coefficient (Wildman–Crippen LogP) is 4.43. The highest BCUT2D eigenvalue weighted by Gasteiger charge is 2.12. The van der Waals surface area contributed by atoms with Crippen LogP contribution in [-0.4, -0.2) is 12.3 Å². The summed E-state index contributed by atoms with van der Waals surface area (Å²) in [5.41, 5.74) is 2.12. The van der Waals surface area contributed by atoms with Crippen LogP contribution in [0.3, 0.4) is 0 Å². The summed E-state index contributed by atoms with van der Waals surface area (Å²) in [6.07, 6.45) is 1.56. The first-order valence-electron chi connectivity index (χ1n) is 6.62. The van der Waals surface area contributed by atoms with Gasteiger partial charge in [-0.1, -0.05) is 18.2 Å². The first kappa shape index (κ1) is 14.7. The Bertz CT molecular complexity index is 787. The zero-order valence-corrected chi connectivity index (χ0v) is 13.2. The van der Waals surface area contributed by atoms with Gasteiger partial charge in [0.1, 0.15) is 10.6 Å². The number of carbonyl (C=O) groups excluding carboxylic acids is 2. The number of carbonyl (C=O) groups is 2. The van der Waals surface area contributed by atoms with Crippen molar-refractivity contribution in [2.24, 2.45) is 0 Å². The average molecular weight is 328 g/mol. The van der Waals surface area contributed by atoms with Crippen LogP contribution in [0.25, 0.3) is 0 Å². The molecule has 0 saturated carbocycles. The van der Waals surface area contributed by atoms with Crippen molar-refractivity contribution in [1.29, 1.82) is 0 Å². The lowest BCUT2D eigenvalue weighted by atomic mass is 10.1. The summed E-state index contributed by atoms with van der Waals surface area (Å²) in [6, 6.07) is 12.7. The van der Waals surface area contributed by atoms with E-state index in [1.807, 2.05) is 41.1 Å². The maximum absolute atomic E-state index is 12.1. The largest absolute Gasteiger partial charge is 0.422 e. The van der Waals surface area contributed by atoms with Gasteiger partial charge in [0.25, 0.3) is 0 Å². The van der Waals surface area contributed by atoms with Crippen LogP contribution in [0.5, 0.6) is 5.75 Å². The summed E-state index contributed by atoms with van der Waals surface area (Å²) >= 11 is 2.80. The summed E-state index contributed by atoms with van der Waals surface area (Å²) < 4.78 is 5.31. The normalized spacial score (nSPS) is 10.4. The van der Waals surface area contributed by atoms with E-state index in [4.69, 9.17) is 4.74 Å². The lowest BCUT2D eigenvalue weighted by molar-refractivity contribution is 0.0739. The number of hydrogen-bond acceptors (Lipinski definition) is 5. The maximum atomic E-state index is 12.1. The molecule has 0 aliphatic heterocycles. The topological polar surface area (TPSA) is 43.4 Å². The van der Waals surface area contributed by atoms with E-state index in [0.29, 0.717) is 21.9 Å². The van der Waals surface area contributed by atoms with E-state index in [1.165, 1.54) is 22.7 Å². The average Bonchev–Trinajstić information content (AvgIpc) is 3.18. The summed E-state index contributed by atoms with van der Waals surface area (Å²) in [5.74, 6) is 0.192. The number of benzene rings is 1. The van der Waals surface area contributed by atoms with Crippen molar-refractivity contribution >= 4 is 34.9 Å². The van der Waals surface area contributed by atoms with Crippen molar-refractivity contribution in [3.63, 3.8) is 0 Å². The lowest BCUT2D eigenvalue weighted by Crippen LogP contribution is -2.06. The highest BCUT2D eigenvalue weighted by atomic mass is 32.1. The number of rotatable bonds is 5. The lowest BCUT2D eigenvalue weighted by Gasteiger charge is -2.01. The Morgan fingerprint density at radius 1 is 1.05 bits per heavy atom. The Hall–Kier alpha value is -2.24. The van der Waals surface area contributed by atoms with E-state index in [0.717, 1.165) is 17.4 Å². The third kappa shape index (κ3) is 3.50. The van der Waals surface area contributed by atoms with Gasteiger partial charge in [0.2, 0.25) is 0 Å². The molecule has 0 unspecified atom stereocenters. The number of hydrogen-bond donors (Lipinski definition) is 0. The Labute approximate surface area is 135 Å². The van der Waals surface area contributed by atoms with E-state index < -0.39 is 0 Å². The summed E-state index contributed by atoms with van der Waals surface area (Å²) in [5, 5.41) is 3.91. The molecule has 110 valence electrons. The van der Waals surface area contributed by atoms with E-state index >= 15 is 0 Å². The van der Waals surface area contributed by atoms with Gasteiger partial charge in [0.15, 0.2) is 6.29 Å². The molecule has 0 N–H and O–H groups in total. The van der Waals surface area contributed by atoms with Crippen molar-refractivity contribution in [2.75, 3.05) is 0 Å². The first-order valence-corrected chi connectivity index (χ1v) is 8.38. The molecule has 0 bridgehead atoms. The van der Waals surface area contributed by atoms with Crippen LogP contribution in [0, 0.1) is 0 Å². The number of ether oxygens (including phenoxy) is 1. The summed E-state index contributed by atoms with van der Waals surface area (Å²) in [6.45, 7) is 0. The molecule has 0 aliphatic rings. The molecule has 0 aliphatic carbocycles. The fraction of sp³-hybridized carbons (Fsp3) is 0.0588. The van der Waals surface area contributed by atoms with Crippen LogP contribution in [0.4, 0.5) is 0 Å². The monoisotopic (exact) mass is 328 g/mol. The molecule has 3 aromatic rings. The Morgan fingerprint density at radius 2 is 1.77 bits per heavy atom. The van der Waals surface area contributed by atoms with Gasteiger partial charge in [-0.05, 0) is 52.6 Å². The van der Waals surface area contributed by atoms with Gasteiger partial charge < -0.3 is 4.74 Å². The van der Waals surface area contributed by atoms with Gasteiger partial charge in [-0.3, -0.25) is 4.79 Å². The minimum Gasteiger partial charge on any atom is -0.422 e. The van der Waals surface area contributed by atoms with Crippen molar-refractivity contribution in [3.8, 4) is 5.75 Å². The minimum atomic E-state index is -0.346. The molecule has 0 radical (unpaired) electrons. The third-order valence-electron chi connectivity index (χ3n) is 3.01. The van der Waals surface area contributed by atoms with Crippen molar-refractivity contribution in [1.82, 2.24) is 0 Å². The fourth-order valence-electron chi connectivity index (χ4n) is 2.01. The second kappa shape index (κ2) is 6.68. The smallest absolute Gasteiger partial charge is 0.353 e. The highest BCUT2D eigenvalue weighted by molar-refractivity contribution is 7.12. The van der Waals surface area contributed by atoms with Gasteiger partial charge in [-0.25, -0.2) is 4.79 Å². The molecule has 0 fully saturated rings. The zero-order chi connectivity index (χ0) is 15.4. The SMILES string of the molecule is O=Cc1cc(Cc2csc(C(=O)Oc3ccccc3)c2)cs1. The van der Waals surface area contributed by atoms with Crippen LogP contribution >= 0.6 is 22.7 Å². The van der Waals surface area contributed by atoms with E-state index in [-0.39, 0.29) is 5.97 Å². The molecule has 5 heteroatoms. The van der Waals surface area contributed by atoms with Crippen LogP contribution in [-0.2, 0) is 6.42 Å². The molecule has 3 nitrogen and oxygen atoms in total. The van der Waals surface area contributed by atoms with Gasteiger partial charge in [-0.2, -0.15) is 0 Å². The quantitative estimate of drug-likeness (QED) is 0.395. The molecule has 0 atom stereocenters. The molecule has 1 aromatic carbocycles. The number of thiophene rings is 2. The second-order valence-electron chi connectivity index (χ2n) is 4.67. The van der Waals surface area contributed by atoms with Gasteiger partial charge in [0.05, 0.1) is 4.88 Å². The summed E-state index contributed by atoms with van der Waals surface area (Å²) in [4.78, 5) is 24.1. The molecule has 3 rings (SSSR count). The highest BCUT2D eigenvalue weighted by Crippen LogP contribution is 2.22. The molecule has 2 heterocycles. The van der Waals surface area contributed by atoms with E-state index in [9.17, 15) is 9.59 Å². The van der Waals surface area contributed by atoms with Gasteiger partial charge in [-0.15, -0.1) is 22.7 Å². The van der Waals surface area contributed by atoms with Crippen LogP contribution < -0.4 is 4.74 Å². The number of esters is 1. The first-order chi connectivity index (χ1) is 10.7. The Balaban J connectivity index is 1.67. The van der Waals surface area contributed by atoms with Crippen molar-refractivity contribution in [3.05, 3.63) is 74.1 Å². The van der Waals surface area contributed by atoms with E-state index in [2.05, 4.69) is 0 Å². The van der Waals surface area contributed by atoms with Crippen molar-refractivity contribution < 1.29 is 14.3 Å². The molecule has 0 amide bonds. The predicted molar refractivity (Wildman–Crippen MR) is 88.2 cm³/mol. The minimum absolute atomic E-state index is 0.346. The van der Waals surface area contributed by atoms with Crippen LogP contribution in [0.2, 0.25) is 0 Å². The van der Waals surface area contributed by atoms with Crippen LogP contribution in [0.1, 0.15) is 30.5 Å². The standard InChI is InChI=1S/C17H12O3S2/c18-9-15-7-12(10-21-15)6-13-8-16(22-11-13)17(19)20-14-4-2-1-3-5-14/h1-5,7-11H,6H2. The Morgan fingerprint density at radius 3 is 2.50 bits per heavy atom. The molecule has 0 saturated heterocycles.